The fraction of sp³-hybridized carbons (Fsp3) is 0.286. The van der Waals surface area contributed by atoms with Crippen molar-refractivity contribution in [2.45, 2.75) is 19.4 Å². The van der Waals surface area contributed by atoms with Crippen LogP contribution in [0.2, 0.25) is 0 Å². The molecule has 3 heteroatoms. The first kappa shape index (κ1) is 12.1. The Balaban J connectivity index is 2.04. The van der Waals surface area contributed by atoms with Crippen molar-refractivity contribution < 1.29 is 4.74 Å². The molecule has 0 bridgehead atoms. The molecule has 0 saturated heterocycles. The smallest absolute Gasteiger partial charge is 0.118 e. The van der Waals surface area contributed by atoms with Gasteiger partial charge in [0.15, 0.2) is 0 Å². The summed E-state index contributed by atoms with van der Waals surface area (Å²) >= 11 is 1.77. The molecule has 1 aromatic heterocycles. The lowest BCUT2D eigenvalue weighted by molar-refractivity contribution is 0.414. The van der Waals surface area contributed by atoms with Crippen molar-refractivity contribution in [1.29, 1.82) is 0 Å². The third-order valence-electron chi connectivity index (χ3n) is 2.74. The number of thiophene rings is 1. The van der Waals surface area contributed by atoms with Crippen molar-refractivity contribution >= 4 is 11.3 Å². The molecule has 0 amide bonds. The summed E-state index contributed by atoms with van der Waals surface area (Å²) in [5, 5.41) is 0. The van der Waals surface area contributed by atoms with Crippen LogP contribution in [0.15, 0.2) is 36.4 Å². The third-order valence-corrected chi connectivity index (χ3v) is 3.87. The quantitative estimate of drug-likeness (QED) is 0.899. The summed E-state index contributed by atoms with van der Waals surface area (Å²) in [6.45, 7) is 2.11. The lowest BCUT2D eigenvalue weighted by Crippen LogP contribution is -2.11. The molecule has 0 aliphatic carbocycles. The van der Waals surface area contributed by atoms with E-state index in [0.717, 1.165) is 12.2 Å². The first-order valence-electron chi connectivity index (χ1n) is 5.64. The Hall–Kier alpha value is -1.32. The minimum absolute atomic E-state index is 0.0853. The van der Waals surface area contributed by atoms with Gasteiger partial charge in [-0.2, -0.15) is 0 Å². The predicted molar refractivity (Wildman–Crippen MR) is 72.7 cm³/mol. The number of nitrogens with two attached hydrogens (primary N) is 1. The zero-order valence-corrected chi connectivity index (χ0v) is 11.0. The normalized spacial score (nSPS) is 12.4. The molecule has 2 nitrogen and oxygen atoms in total. The minimum Gasteiger partial charge on any atom is -0.497 e. The van der Waals surface area contributed by atoms with E-state index in [9.17, 15) is 0 Å². The average molecular weight is 247 g/mol. The van der Waals surface area contributed by atoms with Crippen LogP contribution < -0.4 is 10.5 Å². The van der Waals surface area contributed by atoms with Crippen molar-refractivity contribution in [1.82, 2.24) is 0 Å². The average Bonchev–Trinajstić information content (AvgIpc) is 2.77. The number of rotatable bonds is 4. The Morgan fingerprint density at radius 3 is 2.41 bits per heavy atom. The van der Waals surface area contributed by atoms with Gasteiger partial charge in [-0.05, 0) is 43.2 Å². The van der Waals surface area contributed by atoms with Crippen LogP contribution in [-0.4, -0.2) is 7.11 Å². The van der Waals surface area contributed by atoms with Gasteiger partial charge in [-0.15, -0.1) is 11.3 Å². The van der Waals surface area contributed by atoms with Crippen molar-refractivity contribution in [3.63, 3.8) is 0 Å². The molecule has 1 heterocycles. The maximum Gasteiger partial charge on any atom is 0.118 e. The largest absolute Gasteiger partial charge is 0.497 e. The first-order valence-corrected chi connectivity index (χ1v) is 6.45. The molecule has 0 saturated carbocycles. The van der Waals surface area contributed by atoms with E-state index in [1.807, 2.05) is 12.1 Å². The number of methoxy groups -OCH3 is 1. The minimum atomic E-state index is 0.0853. The van der Waals surface area contributed by atoms with Gasteiger partial charge in [0, 0.05) is 15.8 Å². The lowest BCUT2D eigenvalue weighted by atomic mass is 10.1. The molecule has 1 atom stereocenters. The number of ether oxygens (including phenoxy) is 1. The summed E-state index contributed by atoms with van der Waals surface area (Å²) in [5.41, 5.74) is 7.43. The first-order chi connectivity index (χ1) is 8.19. The van der Waals surface area contributed by atoms with E-state index in [1.165, 1.54) is 15.3 Å². The maximum absolute atomic E-state index is 6.19. The van der Waals surface area contributed by atoms with Crippen LogP contribution in [-0.2, 0) is 6.42 Å². The van der Waals surface area contributed by atoms with Crippen LogP contribution in [0.5, 0.6) is 5.75 Å². The Kier molecular flexibility index (Phi) is 3.82. The van der Waals surface area contributed by atoms with Gasteiger partial charge in [-0.1, -0.05) is 12.1 Å². The molecular formula is C14H17NOS. The molecule has 0 aliphatic heterocycles. The molecule has 0 aliphatic rings. The molecule has 17 heavy (non-hydrogen) atoms. The fourth-order valence-electron chi connectivity index (χ4n) is 1.77. The van der Waals surface area contributed by atoms with Crippen LogP contribution >= 0.6 is 11.3 Å². The van der Waals surface area contributed by atoms with Gasteiger partial charge in [0.05, 0.1) is 7.11 Å². The monoisotopic (exact) mass is 247 g/mol. The third kappa shape index (κ3) is 3.08. The van der Waals surface area contributed by atoms with E-state index < -0.39 is 0 Å². The SMILES string of the molecule is COc1ccc(CC(N)c2ccc(C)s2)cc1. The maximum atomic E-state index is 6.19. The zero-order valence-electron chi connectivity index (χ0n) is 10.1. The van der Waals surface area contributed by atoms with E-state index in [0.29, 0.717) is 0 Å². The molecule has 2 rings (SSSR count). The van der Waals surface area contributed by atoms with E-state index in [4.69, 9.17) is 10.5 Å². The van der Waals surface area contributed by atoms with E-state index >= 15 is 0 Å². The Labute approximate surface area is 106 Å². The van der Waals surface area contributed by atoms with Crippen LogP contribution in [0.1, 0.15) is 21.4 Å². The van der Waals surface area contributed by atoms with Crippen molar-refractivity contribution in [2.24, 2.45) is 5.73 Å². The molecular weight excluding hydrogens is 230 g/mol. The highest BCUT2D eigenvalue weighted by atomic mass is 32.1. The molecule has 1 aromatic carbocycles. The molecule has 2 aromatic rings. The van der Waals surface area contributed by atoms with Gasteiger partial charge in [-0.25, -0.2) is 0 Å². The van der Waals surface area contributed by atoms with Crippen LogP contribution in [0.4, 0.5) is 0 Å². The van der Waals surface area contributed by atoms with Crippen molar-refractivity contribution in [2.75, 3.05) is 7.11 Å². The van der Waals surface area contributed by atoms with Gasteiger partial charge < -0.3 is 10.5 Å². The number of aryl methyl sites for hydroxylation is 1. The highest BCUT2D eigenvalue weighted by Gasteiger charge is 2.09. The number of benzene rings is 1. The van der Waals surface area contributed by atoms with Crippen LogP contribution in [0, 0.1) is 6.92 Å². The standard InChI is InChI=1S/C14H17NOS/c1-10-3-8-14(17-10)13(15)9-11-4-6-12(16-2)7-5-11/h3-8,13H,9,15H2,1-2H3. The second-order valence-corrected chi connectivity index (χ2v) is 5.43. The zero-order chi connectivity index (χ0) is 12.3. The van der Waals surface area contributed by atoms with E-state index in [-0.39, 0.29) is 6.04 Å². The van der Waals surface area contributed by atoms with Gasteiger partial charge in [0.1, 0.15) is 5.75 Å². The lowest BCUT2D eigenvalue weighted by Gasteiger charge is -2.10. The van der Waals surface area contributed by atoms with Crippen LogP contribution in [0.25, 0.3) is 0 Å². The Morgan fingerprint density at radius 2 is 1.88 bits per heavy atom. The van der Waals surface area contributed by atoms with Gasteiger partial charge in [0.25, 0.3) is 0 Å². The van der Waals surface area contributed by atoms with Crippen molar-refractivity contribution in [3.8, 4) is 5.75 Å². The predicted octanol–water partition coefficient (Wildman–Crippen LogP) is 3.31. The summed E-state index contributed by atoms with van der Waals surface area (Å²) in [6.07, 6.45) is 0.865. The highest BCUT2D eigenvalue weighted by molar-refractivity contribution is 7.12. The highest BCUT2D eigenvalue weighted by Crippen LogP contribution is 2.24. The molecule has 0 spiro atoms. The summed E-state index contributed by atoms with van der Waals surface area (Å²) < 4.78 is 5.13. The Morgan fingerprint density at radius 1 is 1.18 bits per heavy atom. The van der Waals surface area contributed by atoms with Gasteiger partial charge in [-0.3, -0.25) is 0 Å². The fourth-order valence-corrected chi connectivity index (χ4v) is 2.65. The van der Waals surface area contributed by atoms with E-state index in [1.54, 1.807) is 18.4 Å². The topological polar surface area (TPSA) is 35.2 Å². The number of hydrogen-bond donors (Lipinski definition) is 1. The number of hydrogen-bond acceptors (Lipinski definition) is 3. The summed E-state index contributed by atoms with van der Waals surface area (Å²) in [6, 6.07) is 12.4. The molecule has 90 valence electrons. The molecule has 0 radical (unpaired) electrons. The molecule has 2 N–H and O–H groups in total. The molecule has 1 unspecified atom stereocenters. The molecule has 0 fully saturated rings. The van der Waals surface area contributed by atoms with Crippen molar-refractivity contribution in [3.05, 3.63) is 51.7 Å². The second kappa shape index (κ2) is 5.34. The van der Waals surface area contributed by atoms with Gasteiger partial charge >= 0.3 is 0 Å². The Bertz CT molecular complexity index is 475. The van der Waals surface area contributed by atoms with Gasteiger partial charge in [0.2, 0.25) is 0 Å². The van der Waals surface area contributed by atoms with E-state index in [2.05, 4.69) is 31.2 Å². The summed E-state index contributed by atoms with van der Waals surface area (Å²) in [7, 11) is 1.68. The summed E-state index contributed by atoms with van der Waals surface area (Å²) in [5.74, 6) is 0.884. The van der Waals surface area contributed by atoms with Crippen LogP contribution in [0.3, 0.4) is 0 Å². The second-order valence-electron chi connectivity index (χ2n) is 4.11. The summed E-state index contributed by atoms with van der Waals surface area (Å²) in [4.78, 5) is 2.56.